The number of carbonyl (C=O) groups is 4. The van der Waals surface area contributed by atoms with E-state index in [0.717, 1.165) is 0 Å². The molecule has 22 heavy (non-hydrogen) atoms. The third kappa shape index (κ3) is 5.95. The van der Waals surface area contributed by atoms with Crippen molar-refractivity contribution in [1.82, 2.24) is 0 Å². The average Bonchev–Trinajstić information content (AvgIpc) is 2.37. The molecule has 0 heterocycles. The molecular formula is C16H26O6. The van der Waals surface area contributed by atoms with Gasteiger partial charge in [0.25, 0.3) is 0 Å². The van der Waals surface area contributed by atoms with Crippen LogP contribution in [0.2, 0.25) is 0 Å². The van der Waals surface area contributed by atoms with E-state index in [-0.39, 0.29) is 25.6 Å². The highest BCUT2D eigenvalue weighted by Crippen LogP contribution is 2.33. The second-order valence-corrected chi connectivity index (χ2v) is 5.62. The maximum Gasteiger partial charge on any atom is 0.307 e. The van der Waals surface area contributed by atoms with Crippen molar-refractivity contribution in [1.29, 1.82) is 0 Å². The van der Waals surface area contributed by atoms with Gasteiger partial charge in [-0.25, -0.2) is 0 Å². The van der Waals surface area contributed by atoms with Crippen LogP contribution in [0.15, 0.2) is 0 Å². The fourth-order valence-corrected chi connectivity index (χ4v) is 2.19. The van der Waals surface area contributed by atoms with Gasteiger partial charge in [-0.2, -0.15) is 0 Å². The molecule has 0 saturated heterocycles. The van der Waals surface area contributed by atoms with Gasteiger partial charge in [-0.15, -0.1) is 0 Å². The van der Waals surface area contributed by atoms with Gasteiger partial charge in [-0.3, -0.25) is 19.2 Å². The van der Waals surface area contributed by atoms with Gasteiger partial charge in [0.1, 0.15) is 17.0 Å². The first-order valence-corrected chi connectivity index (χ1v) is 7.55. The first-order chi connectivity index (χ1) is 10.2. The summed E-state index contributed by atoms with van der Waals surface area (Å²) in [7, 11) is 0. The van der Waals surface area contributed by atoms with Crippen LogP contribution in [0.25, 0.3) is 0 Å². The second-order valence-electron chi connectivity index (χ2n) is 5.62. The molecule has 0 aromatic carbocycles. The predicted molar refractivity (Wildman–Crippen MR) is 80.1 cm³/mol. The van der Waals surface area contributed by atoms with E-state index in [1.165, 1.54) is 6.92 Å². The highest BCUT2D eigenvalue weighted by molar-refractivity contribution is 6.10. The maximum absolute atomic E-state index is 12.6. The zero-order chi connectivity index (χ0) is 17.3. The molecular weight excluding hydrogens is 288 g/mol. The minimum absolute atomic E-state index is 0.00983. The van der Waals surface area contributed by atoms with E-state index in [4.69, 9.17) is 9.47 Å². The minimum Gasteiger partial charge on any atom is -0.466 e. The van der Waals surface area contributed by atoms with Gasteiger partial charge in [-0.1, -0.05) is 13.8 Å². The number of ether oxygens (including phenoxy) is 2. The van der Waals surface area contributed by atoms with Crippen molar-refractivity contribution in [3.63, 3.8) is 0 Å². The van der Waals surface area contributed by atoms with Crippen LogP contribution in [0.5, 0.6) is 0 Å². The van der Waals surface area contributed by atoms with Crippen molar-refractivity contribution in [2.45, 2.75) is 53.9 Å². The van der Waals surface area contributed by atoms with Gasteiger partial charge < -0.3 is 9.47 Å². The van der Waals surface area contributed by atoms with E-state index in [1.54, 1.807) is 13.8 Å². The van der Waals surface area contributed by atoms with Crippen molar-refractivity contribution < 1.29 is 28.7 Å². The van der Waals surface area contributed by atoms with E-state index < -0.39 is 41.8 Å². The second kappa shape index (κ2) is 9.33. The van der Waals surface area contributed by atoms with Gasteiger partial charge >= 0.3 is 11.9 Å². The van der Waals surface area contributed by atoms with Gasteiger partial charge in [-0.05, 0) is 26.7 Å². The smallest absolute Gasteiger partial charge is 0.307 e. The summed E-state index contributed by atoms with van der Waals surface area (Å²) in [4.78, 5) is 48.3. The normalized spacial score (nSPS) is 11.2. The Morgan fingerprint density at radius 1 is 0.909 bits per heavy atom. The van der Waals surface area contributed by atoms with E-state index in [9.17, 15) is 19.2 Å². The Bertz CT molecular complexity index is 404. The standard InChI is InChI=1S/C16H26O6/c1-6-21-14(19)9-16(12(5)17,10-15(20)22-7-2)13(18)8-11(3)4/h11H,6-10H2,1-5H3. The molecule has 0 aliphatic carbocycles. The molecule has 0 aliphatic heterocycles. The average molecular weight is 314 g/mol. The summed E-state index contributed by atoms with van der Waals surface area (Å²) in [6.45, 7) is 8.43. The summed E-state index contributed by atoms with van der Waals surface area (Å²) in [5.41, 5.74) is -1.69. The molecule has 0 atom stereocenters. The number of carbonyl (C=O) groups excluding carboxylic acids is 4. The molecule has 0 aromatic rings. The largest absolute Gasteiger partial charge is 0.466 e. The van der Waals surface area contributed by atoms with Crippen LogP contribution < -0.4 is 0 Å². The summed E-state index contributed by atoms with van der Waals surface area (Å²) >= 11 is 0. The summed E-state index contributed by atoms with van der Waals surface area (Å²) < 4.78 is 9.70. The molecule has 0 fully saturated rings. The van der Waals surface area contributed by atoms with Gasteiger partial charge in [0, 0.05) is 6.42 Å². The first-order valence-electron chi connectivity index (χ1n) is 7.55. The summed E-state index contributed by atoms with van der Waals surface area (Å²) in [5, 5.41) is 0. The molecule has 0 aliphatic rings. The molecule has 126 valence electrons. The van der Waals surface area contributed by atoms with Gasteiger partial charge in [0.05, 0.1) is 26.1 Å². The SMILES string of the molecule is CCOC(=O)CC(CC(=O)OCC)(C(C)=O)C(=O)CC(C)C. The summed E-state index contributed by atoms with van der Waals surface area (Å²) in [6, 6.07) is 0. The number of hydrogen-bond acceptors (Lipinski definition) is 6. The minimum atomic E-state index is -1.69. The Hall–Kier alpha value is -1.72. The van der Waals surface area contributed by atoms with Crippen molar-refractivity contribution >= 4 is 23.5 Å². The monoisotopic (exact) mass is 314 g/mol. The molecule has 6 heteroatoms. The zero-order valence-corrected chi connectivity index (χ0v) is 14.1. The molecule has 0 spiro atoms. The fraction of sp³-hybridized carbons (Fsp3) is 0.750. The van der Waals surface area contributed by atoms with Crippen LogP contribution in [-0.2, 0) is 28.7 Å². The fourth-order valence-electron chi connectivity index (χ4n) is 2.19. The summed E-state index contributed by atoms with van der Waals surface area (Å²) in [6.07, 6.45) is -0.751. The lowest BCUT2D eigenvalue weighted by molar-refractivity contribution is -0.160. The van der Waals surface area contributed by atoms with Crippen LogP contribution in [0.3, 0.4) is 0 Å². The molecule has 6 nitrogen and oxygen atoms in total. The van der Waals surface area contributed by atoms with E-state index in [1.807, 2.05) is 13.8 Å². The third-order valence-electron chi connectivity index (χ3n) is 3.30. The predicted octanol–water partition coefficient (Wildman–Crippen LogP) is 2.08. The quantitative estimate of drug-likeness (QED) is 0.453. The van der Waals surface area contributed by atoms with Crippen LogP contribution in [0.4, 0.5) is 0 Å². The van der Waals surface area contributed by atoms with Crippen LogP contribution in [0.1, 0.15) is 53.9 Å². The number of esters is 2. The Balaban J connectivity index is 5.53. The van der Waals surface area contributed by atoms with Gasteiger partial charge in [0.15, 0.2) is 0 Å². The van der Waals surface area contributed by atoms with Crippen molar-refractivity contribution in [3.05, 3.63) is 0 Å². The highest BCUT2D eigenvalue weighted by Gasteiger charge is 2.47. The molecule has 0 rings (SSSR count). The lowest BCUT2D eigenvalue weighted by Gasteiger charge is -2.28. The number of Topliss-reactive ketones (excluding diaryl/α,β-unsaturated/α-hetero) is 2. The molecule has 0 unspecified atom stereocenters. The van der Waals surface area contributed by atoms with Gasteiger partial charge in [0.2, 0.25) is 0 Å². The Morgan fingerprint density at radius 2 is 1.32 bits per heavy atom. The first kappa shape index (κ1) is 20.3. The van der Waals surface area contributed by atoms with Crippen LogP contribution in [-0.4, -0.2) is 36.7 Å². The number of rotatable bonds is 10. The van der Waals surface area contributed by atoms with E-state index in [0.29, 0.717) is 0 Å². The maximum atomic E-state index is 12.6. The Labute approximate surface area is 131 Å². The molecule has 0 N–H and O–H groups in total. The van der Waals surface area contributed by atoms with Crippen molar-refractivity contribution in [2.24, 2.45) is 11.3 Å². The van der Waals surface area contributed by atoms with Crippen LogP contribution >= 0.6 is 0 Å². The highest BCUT2D eigenvalue weighted by atomic mass is 16.5. The topological polar surface area (TPSA) is 86.7 Å². The molecule has 0 amide bonds. The molecule has 0 bridgehead atoms. The Kier molecular flexibility index (Phi) is 8.60. The lowest BCUT2D eigenvalue weighted by Crippen LogP contribution is -2.43. The molecule has 0 aromatic heterocycles. The zero-order valence-electron chi connectivity index (χ0n) is 14.1. The van der Waals surface area contributed by atoms with Crippen LogP contribution in [0, 0.1) is 11.3 Å². The van der Waals surface area contributed by atoms with E-state index >= 15 is 0 Å². The summed E-state index contributed by atoms with van der Waals surface area (Å²) in [5.74, 6) is -2.26. The Morgan fingerprint density at radius 3 is 1.59 bits per heavy atom. The number of hydrogen-bond donors (Lipinski definition) is 0. The number of ketones is 2. The van der Waals surface area contributed by atoms with Crippen molar-refractivity contribution in [2.75, 3.05) is 13.2 Å². The third-order valence-corrected chi connectivity index (χ3v) is 3.30. The van der Waals surface area contributed by atoms with Crippen molar-refractivity contribution in [3.8, 4) is 0 Å². The van der Waals surface area contributed by atoms with E-state index in [2.05, 4.69) is 0 Å². The lowest BCUT2D eigenvalue weighted by atomic mass is 9.72. The molecule has 0 radical (unpaired) electrons. The molecule has 0 saturated carbocycles.